The zero-order valence-corrected chi connectivity index (χ0v) is 25.4. The van der Waals surface area contributed by atoms with E-state index in [2.05, 4.69) is 15.3 Å². The molecule has 240 valence electrons. The summed E-state index contributed by atoms with van der Waals surface area (Å²) >= 11 is 0. The first-order valence-electron chi connectivity index (χ1n) is 14.7. The molecule has 2 aromatic carbocycles. The van der Waals surface area contributed by atoms with Crippen LogP contribution in [0.3, 0.4) is 0 Å². The van der Waals surface area contributed by atoms with E-state index in [9.17, 15) is 31.1 Å². The van der Waals surface area contributed by atoms with Gasteiger partial charge in [-0.2, -0.15) is 31.4 Å². The van der Waals surface area contributed by atoms with Crippen molar-refractivity contribution in [3.63, 3.8) is 0 Å². The molecule has 2 heterocycles. The Bertz CT molecular complexity index is 1480. The lowest BCUT2D eigenvalue weighted by molar-refractivity contribution is -0.143. The molecular formula is C32H39F6N5O. The first-order chi connectivity index (χ1) is 20.5. The molecule has 0 radical (unpaired) electrons. The standard InChI is InChI=1S/C32H39F6N5O/c1-22(44)41(4)29(30(2,3)39-13-8-16-42-14-6-5-7-15-42)18-23-9-12-28-25(17-23)21-43(40-28)20-24-10-11-26(31(33,34)35)19-27(24)32(36,37)38/h9-12,17-19,21,39H,5-8,13-16,20H2,1-4H3/b29-18-. The van der Waals surface area contributed by atoms with Crippen molar-refractivity contribution in [3.8, 4) is 0 Å². The Kier molecular flexibility index (Phi) is 10.1. The van der Waals surface area contributed by atoms with Gasteiger partial charge in [-0.05, 0) is 101 Å². The summed E-state index contributed by atoms with van der Waals surface area (Å²) in [6, 6.07) is 6.97. The fourth-order valence-electron chi connectivity index (χ4n) is 5.60. The molecule has 4 rings (SSSR count). The van der Waals surface area contributed by atoms with Gasteiger partial charge in [-0.3, -0.25) is 9.48 Å². The molecule has 1 aliphatic rings. The van der Waals surface area contributed by atoms with Crippen LogP contribution in [0.15, 0.2) is 48.3 Å². The fraction of sp³-hybridized carbons (Fsp3) is 0.500. The predicted molar refractivity (Wildman–Crippen MR) is 159 cm³/mol. The highest BCUT2D eigenvalue weighted by atomic mass is 19.4. The van der Waals surface area contributed by atoms with Gasteiger partial charge < -0.3 is 15.1 Å². The SMILES string of the molecule is CC(=O)N(C)/C(=C\c1ccc2nn(Cc3ccc(C(F)(F)F)cc3C(F)(F)F)cc2c1)C(C)(C)NCCCN1CCCCC1. The number of alkyl halides is 6. The van der Waals surface area contributed by atoms with Crippen LogP contribution in [0.5, 0.6) is 0 Å². The van der Waals surface area contributed by atoms with E-state index in [1.807, 2.05) is 26.0 Å². The molecule has 0 atom stereocenters. The lowest BCUT2D eigenvalue weighted by Crippen LogP contribution is -2.48. The summed E-state index contributed by atoms with van der Waals surface area (Å²) in [5.74, 6) is -0.134. The van der Waals surface area contributed by atoms with Crippen LogP contribution in [0.2, 0.25) is 0 Å². The molecule has 0 aliphatic carbocycles. The second kappa shape index (κ2) is 13.3. The van der Waals surface area contributed by atoms with E-state index in [4.69, 9.17) is 0 Å². The molecule has 0 bridgehead atoms. The summed E-state index contributed by atoms with van der Waals surface area (Å²) in [5.41, 5.74) is -1.57. The third-order valence-corrected chi connectivity index (χ3v) is 8.09. The minimum atomic E-state index is -4.96. The highest BCUT2D eigenvalue weighted by Gasteiger charge is 2.38. The van der Waals surface area contributed by atoms with Gasteiger partial charge in [-0.15, -0.1) is 0 Å². The predicted octanol–water partition coefficient (Wildman–Crippen LogP) is 7.19. The number of likely N-dealkylation sites (tertiary alicyclic amines) is 1. The minimum absolute atomic E-state index is 0.134. The maximum Gasteiger partial charge on any atom is 0.416 e. The smallest absolute Gasteiger partial charge is 0.318 e. The molecule has 12 heteroatoms. The van der Waals surface area contributed by atoms with Gasteiger partial charge in [0.25, 0.3) is 0 Å². The van der Waals surface area contributed by atoms with Crippen LogP contribution in [0.1, 0.15) is 68.7 Å². The average Bonchev–Trinajstić information content (AvgIpc) is 3.34. The number of likely N-dealkylation sites (N-methyl/N-ethyl adjacent to an activating group) is 1. The zero-order chi connectivity index (χ0) is 32.3. The highest BCUT2D eigenvalue weighted by Crippen LogP contribution is 2.37. The van der Waals surface area contributed by atoms with Gasteiger partial charge in [-0.1, -0.05) is 18.6 Å². The van der Waals surface area contributed by atoms with Crippen molar-refractivity contribution in [1.82, 2.24) is 24.9 Å². The molecule has 6 nitrogen and oxygen atoms in total. The Balaban J connectivity index is 1.56. The monoisotopic (exact) mass is 623 g/mol. The van der Waals surface area contributed by atoms with E-state index < -0.39 is 29.0 Å². The zero-order valence-electron chi connectivity index (χ0n) is 25.4. The number of hydrogen-bond donors (Lipinski definition) is 1. The highest BCUT2D eigenvalue weighted by molar-refractivity contribution is 5.82. The lowest BCUT2D eigenvalue weighted by Gasteiger charge is -2.35. The third kappa shape index (κ3) is 8.41. The molecule has 1 aliphatic heterocycles. The van der Waals surface area contributed by atoms with E-state index in [0.717, 1.165) is 49.9 Å². The number of piperidine rings is 1. The van der Waals surface area contributed by atoms with Gasteiger partial charge in [0.05, 0.1) is 28.7 Å². The molecule has 0 unspecified atom stereocenters. The van der Waals surface area contributed by atoms with Gasteiger partial charge in [-0.25, -0.2) is 0 Å². The van der Waals surface area contributed by atoms with Crippen LogP contribution in [0.4, 0.5) is 26.3 Å². The van der Waals surface area contributed by atoms with Crippen LogP contribution in [-0.2, 0) is 23.7 Å². The number of halogens is 6. The van der Waals surface area contributed by atoms with Crippen molar-refractivity contribution in [2.75, 3.05) is 33.2 Å². The number of fused-ring (bicyclic) bond motifs is 1. The van der Waals surface area contributed by atoms with E-state index >= 15 is 0 Å². The number of rotatable bonds is 10. The fourth-order valence-corrected chi connectivity index (χ4v) is 5.60. The molecule has 1 aromatic heterocycles. The molecule has 0 saturated carbocycles. The summed E-state index contributed by atoms with van der Waals surface area (Å²) < 4.78 is 81.5. The number of nitrogens with one attached hydrogen (secondary N) is 1. The summed E-state index contributed by atoms with van der Waals surface area (Å²) in [4.78, 5) is 16.5. The van der Waals surface area contributed by atoms with Crippen LogP contribution in [-0.4, -0.2) is 64.3 Å². The van der Waals surface area contributed by atoms with Gasteiger partial charge >= 0.3 is 12.4 Å². The molecule has 1 amide bonds. The number of carbonyl (C=O) groups is 1. The van der Waals surface area contributed by atoms with Gasteiger partial charge in [0.2, 0.25) is 5.91 Å². The Morgan fingerprint density at radius 3 is 2.34 bits per heavy atom. The largest absolute Gasteiger partial charge is 0.416 e. The quantitative estimate of drug-likeness (QED) is 0.192. The van der Waals surface area contributed by atoms with Crippen molar-refractivity contribution < 1.29 is 31.1 Å². The van der Waals surface area contributed by atoms with E-state index in [1.165, 1.54) is 30.9 Å². The van der Waals surface area contributed by atoms with Crippen molar-refractivity contribution >= 4 is 22.9 Å². The first-order valence-corrected chi connectivity index (χ1v) is 14.7. The normalized spacial score (nSPS) is 15.6. The maximum absolute atomic E-state index is 13.7. The van der Waals surface area contributed by atoms with E-state index in [1.54, 1.807) is 30.3 Å². The van der Waals surface area contributed by atoms with E-state index in [-0.39, 0.29) is 24.1 Å². The van der Waals surface area contributed by atoms with Crippen LogP contribution < -0.4 is 5.32 Å². The molecular weight excluding hydrogens is 584 g/mol. The Morgan fingerprint density at radius 1 is 1.00 bits per heavy atom. The molecule has 44 heavy (non-hydrogen) atoms. The van der Waals surface area contributed by atoms with E-state index in [0.29, 0.717) is 17.0 Å². The third-order valence-electron chi connectivity index (χ3n) is 8.09. The molecule has 1 saturated heterocycles. The second-order valence-corrected chi connectivity index (χ2v) is 11.9. The number of hydrogen-bond acceptors (Lipinski definition) is 4. The second-order valence-electron chi connectivity index (χ2n) is 11.9. The van der Waals surface area contributed by atoms with Crippen molar-refractivity contribution in [2.24, 2.45) is 0 Å². The number of benzene rings is 2. The number of aromatic nitrogens is 2. The van der Waals surface area contributed by atoms with Crippen LogP contribution in [0, 0.1) is 0 Å². The summed E-state index contributed by atoms with van der Waals surface area (Å²) in [5, 5.41) is 8.57. The Morgan fingerprint density at radius 2 is 1.70 bits per heavy atom. The molecule has 1 fully saturated rings. The Labute approximate surface area is 253 Å². The number of amides is 1. The maximum atomic E-state index is 13.7. The Hall–Kier alpha value is -3.38. The van der Waals surface area contributed by atoms with Gasteiger partial charge in [0.1, 0.15) is 0 Å². The topological polar surface area (TPSA) is 53.4 Å². The first kappa shape index (κ1) is 33.5. The average molecular weight is 624 g/mol. The summed E-state index contributed by atoms with van der Waals surface area (Å²) in [6.07, 6.45) is -1.66. The number of carbonyl (C=O) groups excluding carboxylic acids is 1. The molecule has 3 aromatic rings. The van der Waals surface area contributed by atoms with Gasteiger partial charge in [0.15, 0.2) is 0 Å². The number of nitrogens with zero attached hydrogens (tertiary/aromatic N) is 4. The summed E-state index contributed by atoms with van der Waals surface area (Å²) in [6.45, 7) is 9.20. The van der Waals surface area contributed by atoms with Crippen molar-refractivity contribution in [1.29, 1.82) is 0 Å². The van der Waals surface area contributed by atoms with Gasteiger partial charge in [0, 0.05) is 31.3 Å². The van der Waals surface area contributed by atoms with Crippen LogP contribution in [0.25, 0.3) is 17.0 Å². The lowest BCUT2D eigenvalue weighted by atomic mass is 9.96. The van der Waals surface area contributed by atoms with Crippen molar-refractivity contribution in [2.45, 2.75) is 70.9 Å². The minimum Gasteiger partial charge on any atom is -0.318 e. The molecule has 1 N–H and O–H groups in total. The molecule has 0 spiro atoms. The van der Waals surface area contributed by atoms with Crippen molar-refractivity contribution in [3.05, 3.63) is 70.5 Å². The van der Waals surface area contributed by atoms with Crippen LogP contribution >= 0.6 is 0 Å². The summed E-state index contributed by atoms with van der Waals surface area (Å²) in [7, 11) is 1.71.